The van der Waals surface area contributed by atoms with Gasteiger partial charge in [-0.1, -0.05) is 146 Å². The molecule has 0 aliphatic heterocycles. The van der Waals surface area contributed by atoms with Crippen molar-refractivity contribution in [1.82, 2.24) is 4.57 Å². The Morgan fingerprint density at radius 2 is 0.982 bits per heavy atom. The Bertz CT molecular complexity index is 3520. The van der Waals surface area contributed by atoms with E-state index in [9.17, 15) is 0 Å². The van der Waals surface area contributed by atoms with Gasteiger partial charge in [-0.3, -0.25) is 0 Å². The standard InChI is InChI=1S/C54H34N2O/c1-3-16-38(17-4-1)55(40-30-28-37-27-26-35-14-7-9-20-41(35)46(37)34-40)49-32-31-44(53-52-42-21-10-8-15-36(42)29-33-50(52)57-54(49)53)43-23-13-25-48-51(43)45-22-11-12-24-47(45)56(48)39-18-5-2-6-19-39/h1-34H. The Morgan fingerprint density at radius 1 is 0.368 bits per heavy atom. The highest BCUT2D eigenvalue weighted by molar-refractivity contribution is 6.27. The summed E-state index contributed by atoms with van der Waals surface area (Å²) in [5.41, 5.74) is 10.6. The van der Waals surface area contributed by atoms with E-state index in [4.69, 9.17) is 4.42 Å². The molecule has 0 radical (unpaired) electrons. The maximum absolute atomic E-state index is 7.16. The van der Waals surface area contributed by atoms with Crippen LogP contribution in [0.5, 0.6) is 0 Å². The van der Waals surface area contributed by atoms with Gasteiger partial charge in [-0.2, -0.15) is 0 Å². The van der Waals surface area contributed by atoms with Crippen LogP contribution in [-0.4, -0.2) is 4.57 Å². The predicted molar refractivity (Wildman–Crippen MR) is 241 cm³/mol. The van der Waals surface area contributed by atoms with Crippen molar-refractivity contribution < 1.29 is 4.42 Å². The average Bonchev–Trinajstić information content (AvgIpc) is 3.85. The molecule has 0 aliphatic rings. The van der Waals surface area contributed by atoms with Gasteiger partial charge >= 0.3 is 0 Å². The van der Waals surface area contributed by atoms with Crippen molar-refractivity contribution in [1.29, 1.82) is 0 Å². The number of rotatable bonds is 5. The Kier molecular flexibility index (Phi) is 6.93. The quantitative estimate of drug-likeness (QED) is 0.165. The van der Waals surface area contributed by atoms with E-state index in [1.165, 1.54) is 59.7 Å². The Hall–Kier alpha value is -7.62. The van der Waals surface area contributed by atoms with E-state index in [1.54, 1.807) is 0 Å². The smallest absolute Gasteiger partial charge is 0.160 e. The van der Waals surface area contributed by atoms with Crippen LogP contribution in [0, 0.1) is 0 Å². The molecule has 3 nitrogen and oxygen atoms in total. The molecule has 0 saturated heterocycles. The first-order valence-electron chi connectivity index (χ1n) is 19.5. The zero-order valence-corrected chi connectivity index (χ0v) is 30.9. The summed E-state index contributed by atoms with van der Waals surface area (Å²) in [4.78, 5) is 2.36. The van der Waals surface area contributed by atoms with Gasteiger partial charge in [-0.25, -0.2) is 0 Å². The number of anilines is 3. The van der Waals surface area contributed by atoms with Crippen LogP contribution in [0.15, 0.2) is 211 Å². The lowest BCUT2D eigenvalue weighted by Gasteiger charge is -2.26. The number of aromatic nitrogens is 1. The van der Waals surface area contributed by atoms with Gasteiger partial charge in [0.25, 0.3) is 0 Å². The molecular formula is C54H34N2O. The van der Waals surface area contributed by atoms with E-state index in [0.717, 1.165) is 50.3 Å². The third-order valence-electron chi connectivity index (χ3n) is 11.7. The molecule has 266 valence electrons. The summed E-state index contributed by atoms with van der Waals surface area (Å²) in [6.07, 6.45) is 0. The number of fused-ring (bicyclic) bond motifs is 11. The van der Waals surface area contributed by atoms with Gasteiger partial charge in [0.15, 0.2) is 5.58 Å². The molecule has 0 fully saturated rings. The minimum Gasteiger partial charge on any atom is -0.454 e. The number of nitrogens with zero attached hydrogens (tertiary/aromatic N) is 2. The van der Waals surface area contributed by atoms with Gasteiger partial charge in [-0.15, -0.1) is 0 Å². The number of para-hydroxylation sites is 3. The van der Waals surface area contributed by atoms with Crippen molar-refractivity contribution in [3.8, 4) is 16.8 Å². The normalized spacial score (nSPS) is 11.9. The summed E-state index contributed by atoms with van der Waals surface area (Å²) in [5, 5.41) is 11.9. The highest BCUT2D eigenvalue weighted by Crippen LogP contribution is 2.49. The second-order valence-corrected chi connectivity index (χ2v) is 14.8. The van der Waals surface area contributed by atoms with Gasteiger partial charge in [0.1, 0.15) is 5.58 Å². The zero-order valence-electron chi connectivity index (χ0n) is 30.9. The molecule has 0 amide bonds. The maximum Gasteiger partial charge on any atom is 0.160 e. The molecule has 0 aliphatic carbocycles. The summed E-state index contributed by atoms with van der Waals surface area (Å²) in [6.45, 7) is 0. The molecule has 0 atom stereocenters. The summed E-state index contributed by atoms with van der Waals surface area (Å²) in [7, 11) is 0. The monoisotopic (exact) mass is 726 g/mol. The van der Waals surface area contributed by atoms with E-state index in [0.29, 0.717) is 0 Å². The molecule has 2 heterocycles. The van der Waals surface area contributed by atoms with Crippen LogP contribution in [-0.2, 0) is 0 Å². The Labute approximate surface area is 328 Å². The van der Waals surface area contributed by atoms with Crippen molar-refractivity contribution in [2.24, 2.45) is 0 Å². The number of benzene rings is 10. The number of hydrogen-bond acceptors (Lipinski definition) is 2. The van der Waals surface area contributed by atoms with Crippen LogP contribution in [0.3, 0.4) is 0 Å². The molecule has 12 aromatic rings. The van der Waals surface area contributed by atoms with Gasteiger partial charge in [0.2, 0.25) is 0 Å². The minimum absolute atomic E-state index is 0.851. The average molecular weight is 727 g/mol. The summed E-state index contributed by atoms with van der Waals surface area (Å²) < 4.78 is 9.55. The van der Waals surface area contributed by atoms with E-state index in [1.807, 2.05) is 0 Å². The molecule has 0 N–H and O–H groups in total. The van der Waals surface area contributed by atoms with Crippen LogP contribution in [0.2, 0.25) is 0 Å². The molecule has 0 saturated carbocycles. The summed E-state index contributed by atoms with van der Waals surface area (Å²) >= 11 is 0. The van der Waals surface area contributed by atoms with Crippen LogP contribution in [0.1, 0.15) is 0 Å². The van der Waals surface area contributed by atoms with E-state index < -0.39 is 0 Å². The SMILES string of the molecule is c1ccc(N(c2ccc3ccc4ccccc4c3c2)c2ccc(-c3cccc4c3c3ccccc3n4-c3ccccc3)c3c2oc2ccc4ccccc4c23)cc1. The first kappa shape index (κ1) is 31.7. The van der Waals surface area contributed by atoms with Crippen molar-refractivity contribution in [3.05, 3.63) is 206 Å². The van der Waals surface area contributed by atoms with Crippen molar-refractivity contribution in [2.45, 2.75) is 0 Å². The topological polar surface area (TPSA) is 21.3 Å². The van der Waals surface area contributed by atoms with Crippen LogP contribution < -0.4 is 4.90 Å². The molecule has 10 aromatic carbocycles. The first-order valence-corrected chi connectivity index (χ1v) is 19.5. The second-order valence-electron chi connectivity index (χ2n) is 14.8. The third kappa shape index (κ3) is 4.79. The number of furan rings is 1. The molecule has 2 aromatic heterocycles. The fourth-order valence-corrected chi connectivity index (χ4v) is 9.26. The Balaban J connectivity index is 1.20. The van der Waals surface area contributed by atoms with Gasteiger partial charge in [0.05, 0.1) is 16.7 Å². The van der Waals surface area contributed by atoms with Crippen LogP contribution >= 0.6 is 0 Å². The molecule has 12 rings (SSSR count). The minimum atomic E-state index is 0.851. The second kappa shape index (κ2) is 12.5. The van der Waals surface area contributed by atoms with Gasteiger partial charge in [-0.05, 0) is 104 Å². The maximum atomic E-state index is 7.16. The lowest BCUT2D eigenvalue weighted by molar-refractivity contribution is 0.669. The third-order valence-corrected chi connectivity index (χ3v) is 11.7. The molecule has 57 heavy (non-hydrogen) atoms. The van der Waals surface area contributed by atoms with E-state index >= 15 is 0 Å². The van der Waals surface area contributed by atoms with Crippen molar-refractivity contribution in [2.75, 3.05) is 4.90 Å². The lowest BCUT2D eigenvalue weighted by Crippen LogP contribution is -2.10. The Morgan fingerprint density at radius 3 is 1.81 bits per heavy atom. The highest BCUT2D eigenvalue weighted by Gasteiger charge is 2.25. The number of hydrogen-bond donors (Lipinski definition) is 0. The van der Waals surface area contributed by atoms with E-state index in [-0.39, 0.29) is 0 Å². The van der Waals surface area contributed by atoms with Crippen LogP contribution in [0.25, 0.3) is 92.9 Å². The fourth-order valence-electron chi connectivity index (χ4n) is 9.26. The van der Waals surface area contributed by atoms with Gasteiger partial charge in [0, 0.05) is 38.6 Å². The zero-order chi connectivity index (χ0) is 37.5. The molecular weight excluding hydrogens is 693 g/mol. The first-order chi connectivity index (χ1) is 28.3. The van der Waals surface area contributed by atoms with E-state index in [2.05, 4.69) is 216 Å². The molecule has 0 bridgehead atoms. The summed E-state index contributed by atoms with van der Waals surface area (Å²) in [6, 6.07) is 74.3. The molecule has 3 heteroatoms. The van der Waals surface area contributed by atoms with Crippen molar-refractivity contribution >= 4 is 93.1 Å². The van der Waals surface area contributed by atoms with Crippen molar-refractivity contribution in [3.63, 3.8) is 0 Å². The van der Waals surface area contributed by atoms with Gasteiger partial charge < -0.3 is 13.9 Å². The fraction of sp³-hybridized carbons (Fsp3) is 0. The molecule has 0 spiro atoms. The van der Waals surface area contributed by atoms with Crippen LogP contribution in [0.4, 0.5) is 17.1 Å². The largest absolute Gasteiger partial charge is 0.454 e. The summed E-state index contributed by atoms with van der Waals surface area (Å²) in [5.74, 6) is 0. The predicted octanol–water partition coefficient (Wildman–Crippen LogP) is 15.3. The highest BCUT2D eigenvalue weighted by atomic mass is 16.3. The lowest BCUT2D eigenvalue weighted by atomic mass is 9.93. The molecule has 0 unspecified atom stereocenters.